The van der Waals surface area contributed by atoms with E-state index >= 15 is 0 Å². The number of hydrogen-bond acceptors (Lipinski definition) is 8. The second-order valence-corrected chi connectivity index (χ2v) is 16.8. The van der Waals surface area contributed by atoms with Gasteiger partial charge in [-0.3, -0.25) is 9.36 Å². The zero-order valence-electron chi connectivity index (χ0n) is 22.3. The highest BCUT2D eigenvalue weighted by Gasteiger charge is 2.30. The van der Waals surface area contributed by atoms with Crippen LogP contribution < -0.4 is 10.5 Å². The van der Waals surface area contributed by atoms with Crippen LogP contribution in [0.5, 0.6) is 0 Å². The number of carbonyl (C=O) groups excluding carboxylic acids is 1. The minimum atomic E-state index is -1.31. The Labute approximate surface area is 211 Å². The lowest BCUT2D eigenvalue weighted by atomic mass is 10.2. The minimum Gasteiger partial charge on any atom is -0.475 e. The Morgan fingerprint density at radius 1 is 1.11 bits per heavy atom. The number of hydrogen-bond donors (Lipinski definition) is 1. The van der Waals surface area contributed by atoms with E-state index in [4.69, 9.17) is 9.47 Å². The number of anilines is 1. The number of rotatable bonds is 8. The van der Waals surface area contributed by atoms with Crippen LogP contribution in [0.4, 0.5) is 10.5 Å². The van der Waals surface area contributed by atoms with Crippen LogP contribution in [0.2, 0.25) is 25.7 Å². The van der Waals surface area contributed by atoms with Crippen molar-refractivity contribution in [3.8, 4) is 0 Å². The molecule has 1 aliphatic heterocycles. The van der Waals surface area contributed by atoms with Crippen LogP contribution in [0, 0.1) is 0 Å². The molecule has 1 saturated heterocycles. The molecule has 12 nitrogen and oxygen atoms in total. The van der Waals surface area contributed by atoms with Gasteiger partial charge >= 0.3 is 12.1 Å². The molecule has 0 atom stereocenters. The maximum Gasteiger partial charge on any atom is 0.410 e. The number of nitrogens with zero attached hydrogens (tertiary/aromatic N) is 6. The lowest BCUT2D eigenvalue weighted by Crippen LogP contribution is -2.51. The lowest BCUT2D eigenvalue weighted by molar-refractivity contribution is 0.0240. The summed E-state index contributed by atoms with van der Waals surface area (Å²) < 4.78 is 14.2. The van der Waals surface area contributed by atoms with Crippen LogP contribution >= 0.6 is 0 Å². The zero-order chi connectivity index (χ0) is 26.8. The molecule has 1 amide bonds. The fraction of sp³-hybridized carbons (Fsp3) is 0.696. The van der Waals surface area contributed by atoms with Crippen LogP contribution in [0.25, 0.3) is 5.78 Å². The van der Waals surface area contributed by atoms with Crippen molar-refractivity contribution in [3.05, 3.63) is 21.9 Å². The molecule has 0 saturated carbocycles. The second kappa shape index (κ2) is 10.6. The number of carbonyl (C=O) groups is 2. The summed E-state index contributed by atoms with van der Waals surface area (Å²) in [6, 6.07) is 0.970. The van der Waals surface area contributed by atoms with Crippen LogP contribution in [0.15, 0.2) is 4.79 Å². The Bertz CT molecular complexity index is 1170. The van der Waals surface area contributed by atoms with Gasteiger partial charge in [-0.05, 0) is 33.2 Å². The van der Waals surface area contributed by atoms with Gasteiger partial charge in [-0.2, -0.15) is 9.50 Å². The molecule has 0 radical (unpaired) electrons. The molecule has 0 bridgehead atoms. The standard InChI is InChI=1S/C23H38N6O6Si/c1-8-16-17(26-9-11-27(12-10-26)22(33)35-23(2,3)4)19(30)29-21(24-18(25-29)20(31)32)28(16)15-34-13-14-36(5,6)7/h8-15H2,1-7H3,(H,31,32). The zero-order valence-corrected chi connectivity index (χ0v) is 23.3. The van der Waals surface area contributed by atoms with Crippen molar-refractivity contribution >= 4 is 31.6 Å². The Morgan fingerprint density at radius 2 is 1.75 bits per heavy atom. The molecule has 1 aliphatic rings. The third-order valence-electron chi connectivity index (χ3n) is 5.82. The SMILES string of the molecule is CCc1c(N2CCN(C(=O)OC(C)(C)C)CC2)c(=O)n2nc(C(=O)O)nc2n1COCC[Si](C)(C)C. The molecule has 0 spiro atoms. The van der Waals surface area contributed by atoms with Gasteiger partial charge in [-0.1, -0.05) is 26.6 Å². The van der Waals surface area contributed by atoms with Crippen molar-refractivity contribution in [3.63, 3.8) is 0 Å². The Morgan fingerprint density at radius 3 is 2.28 bits per heavy atom. The average molecular weight is 523 g/mol. The molecule has 0 unspecified atom stereocenters. The predicted octanol–water partition coefficient (Wildman–Crippen LogP) is 2.52. The molecular weight excluding hydrogens is 484 g/mol. The van der Waals surface area contributed by atoms with Crippen molar-refractivity contribution in [2.45, 2.75) is 72.1 Å². The van der Waals surface area contributed by atoms with Gasteiger partial charge in [-0.25, -0.2) is 9.59 Å². The van der Waals surface area contributed by atoms with Crippen molar-refractivity contribution in [2.75, 3.05) is 37.7 Å². The number of amides is 1. The van der Waals surface area contributed by atoms with Crippen molar-refractivity contribution in [1.29, 1.82) is 0 Å². The summed E-state index contributed by atoms with van der Waals surface area (Å²) in [4.78, 5) is 45.3. The molecule has 2 aromatic heterocycles. The number of carboxylic acid groups (broad SMARTS) is 1. The van der Waals surface area contributed by atoms with Gasteiger partial charge in [0.05, 0.1) is 5.69 Å². The number of aromatic carboxylic acids is 1. The van der Waals surface area contributed by atoms with Gasteiger partial charge in [0.25, 0.3) is 11.4 Å². The molecule has 1 N–H and O–H groups in total. The third kappa shape index (κ3) is 6.43. The number of fused-ring (bicyclic) bond motifs is 1. The molecule has 13 heteroatoms. The molecule has 1 fully saturated rings. The Kier molecular flexibility index (Phi) is 8.13. The first kappa shape index (κ1) is 27.7. The highest BCUT2D eigenvalue weighted by Crippen LogP contribution is 2.22. The number of ether oxygens (including phenoxy) is 2. The summed E-state index contributed by atoms with van der Waals surface area (Å²) in [6.07, 6.45) is 0.115. The summed E-state index contributed by atoms with van der Waals surface area (Å²) in [7, 11) is -1.31. The van der Waals surface area contributed by atoms with E-state index in [0.29, 0.717) is 50.6 Å². The highest BCUT2D eigenvalue weighted by molar-refractivity contribution is 6.76. The minimum absolute atomic E-state index is 0.125. The van der Waals surface area contributed by atoms with Crippen LogP contribution in [0.3, 0.4) is 0 Å². The second-order valence-electron chi connectivity index (χ2n) is 11.1. The first-order valence-corrected chi connectivity index (χ1v) is 16.0. The van der Waals surface area contributed by atoms with Gasteiger partial charge in [0, 0.05) is 40.9 Å². The summed E-state index contributed by atoms with van der Waals surface area (Å²) >= 11 is 0. The van der Waals surface area contributed by atoms with Crippen molar-refractivity contribution in [1.82, 2.24) is 24.1 Å². The summed E-state index contributed by atoms with van der Waals surface area (Å²) in [6.45, 7) is 16.5. The van der Waals surface area contributed by atoms with Gasteiger partial charge in [0.1, 0.15) is 18.0 Å². The molecule has 0 aromatic carbocycles. The summed E-state index contributed by atoms with van der Waals surface area (Å²) in [5.74, 6) is -1.62. The van der Waals surface area contributed by atoms with Gasteiger partial charge in [0.15, 0.2) is 0 Å². The molecule has 3 heterocycles. The molecule has 0 aliphatic carbocycles. The van der Waals surface area contributed by atoms with E-state index in [0.717, 1.165) is 10.6 Å². The first-order chi connectivity index (χ1) is 16.7. The Balaban J connectivity index is 1.95. The van der Waals surface area contributed by atoms with Gasteiger partial charge < -0.3 is 24.4 Å². The quantitative estimate of drug-likeness (QED) is 0.410. The number of piperazine rings is 1. The van der Waals surface area contributed by atoms with Crippen molar-refractivity contribution < 1.29 is 24.2 Å². The van der Waals surface area contributed by atoms with E-state index < -0.39 is 31.0 Å². The fourth-order valence-electron chi connectivity index (χ4n) is 3.96. The largest absolute Gasteiger partial charge is 0.475 e. The smallest absolute Gasteiger partial charge is 0.410 e. The fourth-order valence-corrected chi connectivity index (χ4v) is 4.72. The first-order valence-electron chi connectivity index (χ1n) is 12.3. The summed E-state index contributed by atoms with van der Waals surface area (Å²) in [5, 5.41) is 13.4. The maximum atomic E-state index is 13.5. The van der Waals surface area contributed by atoms with E-state index in [-0.39, 0.29) is 18.6 Å². The van der Waals surface area contributed by atoms with E-state index in [2.05, 4.69) is 29.7 Å². The highest BCUT2D eigenvalue weighted by atomic mass is 28.3. The maximum absolute atomic E-state index is 13.5. The third-order valence-corrected chi connectivity index (χ3v) is 7.52. The molecule has 200 valence electrons. The number of aromatic nitrogens is 4. The van der Waals surface area contributed by atoms with Gasteiger partial charge in [-0.15, -0.1) is 5.10 Å². The lowest BCUT2D eigenvalue weighted by Gasteiger charge is -2.37. The van der Waals surface area contributed by atoms with E-state index in [1.165, 1.54) is 0 Å². The monoisotopic (exact) mass is 522 g/mol. The Hall–Kier alpha value is -2.93. The van der Waals surface area contributed by atoms with E-state index in [1.54, 1.807) is 9.47 Å². The topological polar surface area (TPSA) is 132 Å². The molecular formula is C23H38N6O6Si. The van der Waals surface area contributed by atoms with Crippen LogP contribution in [-0.4, -0.2) is 87.7 Å². The van der Waals surface area contributed by atoms with Crippen molar-refractivity contribution in [2.24, 2.45) is 0 Å². The average Bonchev–Trinajstić information content (AvgIpc) is 3.22. The predicted molar refractivity (Wildman–Crippen MR) is 138 cm³/mol. The number of carboxylic acids is 1. The molecule has 36 heavy (non-hydrogen) atoms. The van der Waals surface area contributed by atoms with E-state index in [9.17, 15) is 19.5 Å². The normalized spacial score (nSPS) is 15.0. The summed E-state index contributed by atoms with van der Waals surface area (Å²) in [5.41, 5.74) is 0.0817. The molecule has 3 rings (SSSR count). The van der Waals surface area contributed by atoms with Gasteiger partial charge in [0.2, 0.25) is 5.78 Å². The van der Waals surface area contributed by atoms with E-state index in [1.807, 2.05) is 32.6 Å². The van der Waals surface area contributed by atoms with Crippen LogP contribution in [-0.2, 0) is 22.6 Å². The molecule has 2 aromatic rings. The van der Waals surface area contributed by atoms with Crippen LogP contribution in [0.1, 0.15) is 44.0 Å².